The van der Waals surface area contributed by atoms with E-state index < -0.39 is 12.0 Å². The number of nitrogens with zero attached hydrogens (tertiary/aromatic N) is 3. The van der Waals surface area contributed by atoms with E-state index in [1.165, 1.54) is 18.1 Å². The molecular weight excluding hydrogens is 354 g/mol. The van der Waals surface area contributed by atoms with Gasteiger partial charge in [-0.3, -0.25) is 4.79 Å². The molecule has 1 amide bonds. The number of hydrogen-bond acceptors (Lipinski definition) is 8. The molecule has 1 atom stereocenters. The second-order valence-corrected chi connectivity index (χ2v) is 6.76. The summed E-state index contributed by atoms with van der Waals surface area (Å²) >= 11 is 1.13. The summed E-state index contributed by atoms with van der Waals surface area (Å²) in [6.45, 7) is 0.356. The summed E-state index contributed by atoms with van der Waals surface area (Å²) in [7, 11) is 1.32. The number of nitrogens with two attached hydrogens (primary N) is 2. The van der Waals surface area contributed by atoms with Crippen molar-refractivity contribution in [2.45, 2.75) is 24.2 Å². The first-order valence-corrected chi connectivity index (χ1v) is 8.93. The van der Waals surface area contributed by atoms with Crippen molar-refractivity contribution in [3.05, 3.63) is 41.5 Å². The van der Waals surface area contributed by atoms with E-state index in [2.05, 4.69) is 9.97 Å². The number of methoxy groups -OCH3 is 1. The molecule has 2 aromatic rings. The maximum absolute atomic E-state index is 12.8. The van der Waals surface area contributed by atoms with Crippen LogP contribution in [0, 0.1) is 0 Å². The zero-order valence-corrected chi connectivity index (χ0v) is 15.0. The van der Waals surface area contributed by atoms with Crippen molar-refractivity contribution < 1.29 is 14.3 Å². The van der Waals surface area contributed by atoms with Gasteiger partial charge in [-0.05, 0) is 11.1 Å². The van der Waals surface area contributed by atoms with E-state index in [4.69, 9.17) is 16.2 Å². The first kappa shape index (κ1) is 18.0. The predicted octanol–water partition coefficient (Wildman–Crippen LogP) is 0.860. The van der Waals surface area contributed by atoms with E-state index in [1.807, 2.05) is 24.3 Å². The summed E-state index contributed by atoms with van der Waals surface area (Å²) in [4.78, 5) is 34.6. The summed E-state index contributed by atoms with van der Waals surface area (Å²) in [5, 5.41) is 0.322. The van der Waals surface area contributed by atoms with Crippen LogP contribution in [-0.2, 0) is 27.3 Å². The number of fused-ring (bicyclic) bond motifs is 1. The lowest BCUT2D eigenvalue weighted by Gasteiger charge is -2.35. The van der Waals surface area contributed by atoms with Gasteiger partial charge in [0.05, 0.1) is 12.9 Å². The number of rotatable bonds is 4. The molecule has 136 valence electrons. The van der Waals surface area contributed by atoms with E-state index in [0.717, 1.165) is 22.9 Å². The van der Waals surface area contributed by atoms with Crippen molar-refractivity contribution in [2.24, 2.45) is 0 Å². The summed E-state index contributed by atoms with van der Waals surface area (Å²) in [5.41, 5.74) is 13.4. The van der Waals surface area contributed by atoms with Crippen LogP contribution in [0.25, 0.3) is 0 Å². The molecule has 0 unspecified atom stereocenters. The van der Waals surface area contributed by atoms with Crippen molar-refractivity contribution in [1.29, 1.82) is 0 Å². The standard InChI is InChI=1S/C17H19N5O3S/c1-25-16(24)12-6-10-4-2-3-5-11(10)8-22(12)15(23)9-26-17-20-13(18)7-14(19)21-17/h2-5,7,12H,6,8-9H2,1H3,(H4,18,19,20,21)/t12-/m1/s1. The van der Waals surface area contributed by atoms with Gasteiger partial charge in [-0.15, -0.1) is 0 Å². The third-order valence-corrected chi connectivity index (χ3v) is 4.94. The van der Waals surface area contributed by atoms with Gasteiger partial charge in [0, 0.05) is 19.0 Å². The number of amides is 1. The summed E-state index contributed by atoms with van der Waals surface area (Å²) < 4.78 is 4.88. The van der Waals surface area contributed by atoms with Gasteiger partial charge in [-0.1, -0.05) is 36.0 Å². The lowest BCUT2D eigenvalue weighted by Crippen LogP contribution is -2.49. The van der Waals surface area contributed by atoms with Crippen LogP contribution in [0.2, 0.25) is 0 Å². The molecule has 1 aliphatic heterocycles. The fourth-order valence-electron chi connectivity index (χ4n) is 2.87. The zero-order chi connectivity index (χ0) is 18.7. The number of aromatic nitrogens is 2. The van der Waals surface area contributed by atoms with Gasteiger partial charge >= 0.3 is 5.97 Å². The highest BCUT2D eigenvalue weighted by Crippen LogP contribution is 2.26. The average molecular weight is 373 g/mol. The maximum atomic E-state index is 12.8. The minimum absolute atomic E-state index is 0.0680. The Balaban J connectivity index is 1.76. The van der Waals surface area contributed by atoms with Crippen molar-refractivity contribution in [3.8, 4) is 0 Å². The van der Waals surface area contributed by atoms with Gasteiger partial charge in [-0.2, -0.15) is 0 Å². The highest BCUT2D eigenvalue weighted by atomic mass is 32.2. The molecule has 26 heavy (non-hydrogen) atoms. The molecule has 9 heteroatoms. The minimum atomic E-state index is -0.644. The number of esters is 1. The van der Waals surface area contributed by atoms with Crippen LogP contribution in [0.3, 0.4) is 0 Å². The molecule has 1 aromatic carbocycles. The molecule has 8 nitrogen and oxygen atoms in total. The molecule has 3 rings (SSSR count). The van der Waals surface area contributed by atoms with Gasteiger partial charge in [0.15, 0.2) is 5.16 Å². The summed E-state index contributed by atoms with van der Waals surface area (Å²) in [6.07, 6.45) is 0.432. The number of nitrogen functional groups attached to an aromatic ring is 2. The fourth-order valence-corrected chi connectivity index (χ4v) is 3.63. The van der Waals surface area contributed by atoms with E-state index in [1.54, 1.807) is 0 Å². The Morgan fingerprint density at radius 3 is 2.54 bits per heavy atom. The third-order valence-electron chi connectivity index (χ3n) is 4.11. The molecule has 0 radical (unpaired) electrons. The topological polar surface area (TPSA) is 124 Å². The number of carbonyl (C=O) groups excluding carboxylic acids is 2. The molecule has 2 heterocycles. The van der Waals surface area contributed by atoms with Crippen LogP contribution in [0.4, 0.5) is 11.6 Å². The molecule has 0 bridgehead atoms. The predicted molar refractivity (Wildman–Crippen MR) is 98.1 cm³/mol. The van der Waals surface area contributed by atoms with Crippen LogP contribution in [0.15, 0.2) is 35.5 Å². The minimum Gasteiger partial charge on any atom is -0.467 e. The number of anilines is 2. The maximum Gasteiger partial charge on any atom is 0.328 e. The number of benzene rings is 1. The quantitative estimate of drug-likeness (QED) is 0.459. The van der Waals surface area contributed by atoms with E-state index >= 15 is 0 Å². The van der Waals surface area contributed by atoms with Crippen molar-refractivity contribution in [2.75, 3.05) is 24.3 Å². The van der Waals surface area contributed by atoms with E-state index in [9.17, 15) is 9.59 Å². The Kier molecular flexibility index (Phi) is 5.27. The molecule has 0 saturated heterocycles. The second kappa shape index (κ2) is 7.61. The van der Waals surface area contributed by atoms with E-state index in [-0.39, 0.29) is 23.3 Å². The van der Waals surface area contributed by atoms with E-state index in [0.29, 0.717) is 18.1 Å². The fraction of sp³-hybridized carbons (Fsp3) is 0.294. The zero-order valence-electron chi connectivity index (χ0n) is 14.2. The van der Waals surface area contributed by atoms with Crippen LogP contribution in [0.1, 0.15) is 11.1 Å². The highest BCUT2D eigenvalue weighted by Gasteiger charge is 2.35. The van der Waals surface area contributed by atoms with Gasteiger partial charge in [0.1, 0.15) is 17.7 Å². The summed E-state index contributed by atoms with van der Waals surface area (Å²) in [5.74, 6) is -0.0798. The van der Waals surface area contributed by atoms with Gasteiger partial charge < -0.3 is 21.1 Å². The number of hydrogen-bond donors (Lipinski definition) is 2. The first-order valence-electron chi connectivity index (χ1n) is 7.95. The number of thioether (sulfide) groups is 1. The Morgan fingerprint density at radius 1 is 1.23 bits per heavy atom. The summed E-state index contributed by atoms with van der Waals surface area (Å²) in [6, 6.07) is 8.55. The monoisotopic (exact) mass is 373 g/mol. The van der Waals surface area contributed by atoms with Gasteiger partial charge in [0.25, 0.3) is 0 Å². The van der Waals surface area contributed by atoms with Crippen LogP contribution < -0.4 is 11.5 Å². The first-order chi connectivity index (χ1) is 12.5. The normalized spacial score (nSPS) is 16.0. The van der Waals surface area contributed by atoms with Crippen molar-refractivity contribution in [1.82, 2.24) is 14.9 Å². The highest BCUT2D eigenvalue weighted by molar-refractivity contribution is 7.99. The Hall–Kier alpha value is -2.81. The molecule has 0 aliphatic carbocycles. The van der Waals surface area contributed by atoms with Gasteiger partial charge in [-0.25, -0.2) is 14.8 Å². The lowest BCUT2D eigenvalue weighted by atomic mass is 9.94. The second-order valence-electron chi connectivity index (χ2n) is 5.82. The molecular formula is C17H19N5O3S. The Bertz CT molecular complexity index is 825. The molecule has 0 fully saturated rings. The Morgan fingerprint density at radius 2 is 1.88 bits per heavy atom. The van der Waals surface area contributed by atoms with Crippen molar-refractivity contribution in [3.63, 3.8) is 0 Å². The molecule has 1 aromatic heterocycles. The van der Waals surface area contributed by atoms with Crippen LogP contribution in [0.5, 0.6) is 0 Å². The Labute approximate surface area is 154 Å². The molecule has 0 spiro atoms. The number of carbonyl (C=O) groups is 2. The van der Waals surface area contributed by atoms with Crippen molar-refractivity contribution >= 4 is 35.3 Å². The average Bonchev–Trinajstić information content (AvgIpc) is 2.63. The van der Waals surface area contributed by atoms with Crippen LogP contribution in [-0.4, -0.2) is 45.6 Å². The molecule has 4 N–H and O–H groups in total. The SMILES string of the molecule is COC(=O)[C@H]1Cc2ccccc2CN1C(=O)CSc1nc(N)cc(N)n1. The molecule has 1 aliphatic rings. The smallest absolute Gasteiger partial charge is 0.328 e. The van der Waals surface area contributed by atoms with Gasteiger partial charge in [0.2, 0.25) is 5.91 Å². The molecule has 0 saturated carbocycles. The van der Waals surface area contributed by atoms with Crippen LogP contribution >= 0.6 is 11.8 Å². The largest absolute Gasteiger partial charge is 0.467 e. The number of ether oxygens (including phenoxy) is 1. The third kappa shape index (κ3) is 3.88. The lowest BCUT2D eigenvalue weighted by molar-refractivity contribution is -0.153.